The van der Waals surface area contributed by atoms with E-state index in [1.165, 1.54) is 4.90 Å². The van der Waals surface area contributed by atoms with Crippen LogP contribution in [-0.2, 0) is 14.4 Å². The summed E-state index contributed by atoms with van der Waals surface area (Å²) in [6, 6.07) is -0.633. The number of nitrogens with zero attached hydrogens (tertiary/aromatic N) is 1. The van der Waals surface area contributed by atoms with Gasteiger partial charge in [-0.25, -0.2) is 0 Å². The highest BCUT2D eigenvalue weighted by Gasteiger charge is 2.29. The van der Waals surface area contributed by atoms with Crippen molar-refractivity contribution in [2.75, 3.05) is 25.1 Å². The standard InChI is InChI=1S/C9H15N3O3S/c1-16-3-2-6(10)9(15)12-4-7(13)11-8(14)5-12/h6H,2-5,10H2,1H3,(H,11,13,14)/t6-/m0/s1. The van der Waals surface area contributed by atoms with Crippen molar-refractivity contribution in [3.8, 4) is 0 Å². The molecular formula is C9H15N3O3S. The molecule has 0 aromatic rings. The van der Waals surface area contributed by atoms with Gasteiger partial charge in [-0.15, -0.1) is 0 Å². The third-order valence-electron chi connectivity index (χ3n) is 2.21. The van der Waals surface area contributed by atoms with Crippen LogP contribution in [-0.4, -0.2) is 53.8 Å². The number of nitrogens with one attached hydrogen (secondary N) is 1. The maximum absolute atomic E-state index is 11.8. The summed E-state index contributed by atoms with van der Waals surface area (Å²) in [5.41, 5.74) is 5.68. The van der Waals surface area contributed by atoms with Crippen LogP contribution >= 0.6 is 11.8 Å². The van der Waals surface area contributed by atoms with E-state index >= 15 is 0 Å². The highest BCUT2D eigenvalue weighted by molar-refractivity contribution is 7.98. The van der Waals surface area contributed by atoms with Crippen molar-refractivity contribution >= 4 is 29.5 Å². The van der Waals surface area contributed by atoms with Crippen LogP contribution in [0.2, 0.25) is 0 Å². The van der Waals surface area contributed by atoms with E-state index in [4.69, 9.17) is 5.73 Å². The zero-order valence-corrected chi connectivity index (χ0v) is 9.88. The Balaban J connectivity index is 2.52. The van der Waals surface area contributed by atoms with Crippen molar-refractivity contribution in [1.82, 2.24) is 10.2 Å². The highest BCUT2D eigenvalue weighted by atomic mass is 32.2. The Morgan fingerprint density at radius 3 is 2.56 bits per heavy atom. The first-order chi connectivity index (χ1) is 7.54. The van der Waals surface area contributed by atoms with Gasteiger partial charge in [-0.1, -0.05) is 0 Å². The van der Waals surface area contributed by atoms with Gasteiger partial charge in [-0.2, -0.15) is 11.8 Å². The number of carbonyl (C=O) groups is 3. The van der Waals surface area contributed by atoms with Crippen molar-refractivity contribution in [1.29, 1.82) is 0 Å². The lowest BCUT2D eigenvalue weighted by molar-refractivity contribution is -0.146. The molecule has 1 fully saturated rings. The minimum atomic E-state index is -0.633. The van der Waals surface area contributed by atoms with Gasteiger partial charge >= 0.3 is 0 Å². The van der Waals surface area contributed by atoms with Crippen molar-refractivity contribution in [2.24, 2.45) is 5.73 Å². The Labute approximate surface area is 97.9 Å². The lowest BCUT2D eigenvalue weighted by Gasteiger charge is -2.27. The summed E-state index contributed by atoms with van der Waals surface area (Å²) in [5.74, 6) is -0.471. The van der Waals surface area contributed by atoms with E-state index in [1.54, 1.807) is 11.8 Å². The van der Waals surface area contributed by atoms with Gasteiger partial charge in [0, 0.05) is 0 Å². The zero-order valence-electron chi connectivity index (χ0n) is 9.06. The summed E-state index contributed by atoms with van der Waals surface area (Å²) >= 11 is 1.60. The Bertz CT molecular complexity index is 292. The van der Waals surface area contributed by atoms with Gasteiger partial charge in [0.1, 0.15) is 13.1 Å². The third-order valence-corrected chi connectivity index (χ3v) is 2.85. The molecule has 3 N–H and O–H groups in total. The van der Waals surface area contributed by atoms with Gasteiger partial charge in [-0.05, 0) is 18.4 Å². The van der Waals surface area contributed by atoms with E-state index in [1.807, 2.05) is 6.26 Å². The molecule has 0 aromatic heterocycles. The molecule has 1 atom stereocenters. The molecular weight excluding hydrogens is 230 g/mol. The summed E-state index contributed by atoms with van der Waals surface area (Å²) < 4.78 is 0. The van der Waals surface area contributed by atoms with Gasteiger partial charge in [0.05, 0.1) is 6.04 Å². The van der Waals surface area contributed by atoms with Gasteiger partial charge < -0.3 is 10.6 Å². The number of thioether (sulfide) groups is 1. The van der Waals surface area contributed by atoms with E-state index in [-0.39, 0.29) is 19.0 Å². The van der Waals surface area contributed by atoms with Gasteiger partial charge in [0.2, 0.25) is 17.7 Å². The summed E-state index contributed by atoms with van der Waals surface area (Å²) in [6.07, 6.45) is 2.47. The molecule has 3 amide bonds. The first-order valence-corrected chi connectivity index (χ1v) is 6.30. The second kappa shape index (κ2) is 5.86. The second-order valence-electron chi connectivity index (χ2n) is 3.55. The number of imide groups is 1. The number of amides is 3. The molecule has 1 aliphatic rings. The van der Waals surface area contributed by atoms with E-state index in [2.05, 4.69) is 5.32 Å². The monoisotopic (exact) mass is 245 g/mol. The van der Waals surface area contributed by atoms with E-state index < -0.39 is 17.9 Å². The largest absolute Gasteiger partial charge is 0.323 e. The molecule has 90 valence electrons. The Hall–Kier alpha value is -1.08. The minimum Gasteiger partial charge on any atom is -0.323 e. The van der Waals surface area contributed by atoms with Crippen molar-refractivity contribution < 1.29 is 14.4 Å². The smallest absolute Gasteiger partial charge is 0.246 e. The number of rotatable bonds is 4. The van der Waals surface area contributed by atoms with Crippen LogP contribution in [0, 0.1) is 0 Å². The van der Waals surface area contributed by atoms with Gasteiger partial charge in [0.25, 0.3) is 0 Å². The van der Waals surface area contributed by atoms with Crippen molar-refractivity contribution in [2.45, 2.75) is 12.5 Å². The summed E-state index contributed by atoms with van der Waals surface area (Å²) in [5, 5.41) is 2.13. The number of nitrogens with two attached hydrogens (primary N) is 1. The molecule has 16 heavy (non-hydrogen) atoms. The molecule has 1 rings (SSSR count). The predicted octanol–water partition coefficient (Wildman–Crippen LogP) is -1.45. The predicted molar refractivity (Wildman–Crippen MR) is 60.7 cm³/mol. The average Bonchev–Trinajstić information content (AvgIpc) is 2.23. The maximum Gasteiger partial charge on any atom is 0.246 e. The number of hydrogen-bond donors (Lipinski definition) is 2. The summed E-state index contributed by atoms with van der Waals surface area (Å²) in [6.45, 7) is -0.172. The Morgan fingerprint density at radius 2 is 2.06 bits per heavy atom. The number of carbonyl (C=O) groups excluding carboxylic acids is 3. The molecule has 1 heterocycles. The molecule has 1 aliphatic heterocycles. The zero-order chi connectivity index (χ0) is 12.1. The van der Waals surface area contributed by atoms with Crippen LogP contribution < -0.4 is 11.1 Å². The first-order valence-electron chi connectivity index (χ1n) is 4.90. The summed E-state index contributed by atoms with van der Waals surface area (Å²) in [7, 11) is 0. The SMILES string of the molecule is CSCC[C@H](N)C(=O)N1CC(=O)NC(=O)C1. The fourth-order valence-electron chi connectivity index (χ4n) is 1.40. The number of piperazine rings is 1. The highest BCUT2D eigenvalue weighted by Crippen LogP contribution is 2.04. The molecule has 0 spiro atoms. The molecule has 0 radical (unpaired) electrons. The normalized spacial score (nSPS) is 18.2. The van der Waals surface area contributed by atoms with Crippen LogP contribution in [0.5, 0.6) is 0 Å². The Morgan fingerprint density at radius 1 is 1.50 bits per heavy atom. The second-order valence-corrected chi connectivity index (χ2v) is 4.54. The third kappa shape index (κ3) is 3.49. The van der Waals surface area contributed by atoms with Gasteiger partial charge in [0.15, 0.2) is 0 Å². The fraction of sp³-hybridized carbons (Fsp3) is 0.667. The maximum atomic E-state index is 11.8. The molecule has 6 nitrogen and oxygen atoms in total. The first kappa shape index (κ1) is 13.0. The van der Waals surface area contributed by atoms with Crippen molar-refractivity contribution in [3.63, 3.8) is 0 Å². The van der Waals surface area contributed by atoms with E-state index in [0.717, 1.165) is 5.75 Å². The Kier molecular flexibility index (Phi) is 4.75. The topological polar surface area (TPSA) is 92.5 Å². The van der Waals surface area contributed by atoms with Crippen LogP contribution in [0.1, 0.15) is 6.42 Å². The lowest BCUT2D eigenvalue weighted by Crippen LogP contribution is -2.56. The quantitative estimate of drug-likeness (QED) is 0.591. The fourth-order valence-corrected chi connectivity index (χ4v) is 1.89. The van der Waals surface area contributed by atoms with Crippen LogP contribution in [0.4, 0.5) is 0 Å². The molecule has 1 saturated heterocycles. The summed E-state index contributed by atoms with van der Waals surface area (Å²) in [4.78, 5) is 35.1. The van der Waals surface area contributed by atoms with Gasteiger partial charge in [-0.3, -0.25) is 19.7 Å². The molecule has 0 unspecified atom stereocenters. The molecule has 0 aliphatic carbocycles. The number of hydrogen-bond acceptors (Lipinski definition) is 5. The van der Waals surface area contributed by atoms with E-state index in [0.29, 0.717) is 6.42 Å². The molecule has 0 bridgehead atoms. The average molecular weight is 245 g/mol. The van der Waals surface area contributed by atoms with Crippen LogP contribution in [0.15, 0.2) is 0 Å². The van der Waals surface area contributed by atoms with Crippen LogP contribution in [0.25, 0.3) is 0 Å². The molecule has 0 aromatic carbocycles. The van der Waals surface area contributed by atoms with E-state index in [9.17, 15) is 14.4 Å². The van der Waals surface area contributed by atoms with Crippen molar-refractivity contribution in [3.05, 3.63) is 0 Å². The minimum absolute atomic E-state index is 0.0858. The lowest BCUT2D eigenvalue weighted by atomic mass is 10.2. The molecule has 0 saturated carbocycles. The molecule has 7 heteroatoms. The van der Waals surface area contributed by atoms with Crippen LogP contribution in [0.3, 0.4) is 0 Å².